The van der Waals surface area contributed by atoms with Gasteiger partial charge in [-0.1, -0.05) is 12.1 Å². The Balaban J connectivity index is 1.73. The summed E-state index contributed by atoms with van der Waals surface area (Å²) in [5, 5.41) is 0. The van der Waals surface area contributed by atoms with Crippen molar-refractivity contribution in [2.24, 2.45) is 0 Å². The summed E-state index contributed by atoms with van der Waals surface area (Å²) in [6, 6.07) is 13.1. The summed E-state index contributed by atoms with van der Waals surface area (Å²) >= 11 is 0. The maximum Gasteiger partial charge on any atom is 0.168 e. The van der Waals surface area contributed by atoms with E-state index in [0.29, 0.717) is 48.3 Å². The van der Waals surface area contributed by atoms with E-state index in [-0.39, 0.29) is 6.54 Å². The fourth-order valence-electron chi connectivity index (χ4n) is 4.00. The van der Waals surface area contributed by atoms with Gasteiger partial charge in [-0.2, -0.15) is 0 Å². The molecule has 4 rings (SSSR count). The fraction of sp³-hybridized carbons (Fsp3) is 0.280. The number of nitrogens with zero attached hydrogens (tertiary/aromatic N) is 1. The molecular weight excluding hydrogens is 416 g/mol. The lowest BCUT2D eigenvalue weighted by molar-refractivity contribution is 0.214. The lowest BCUT2D eigenvalue weighted by Crippen LogP contribution is -2.25. The second-order valence-electron chi connectivity index (χ2n) is 7.50. The van der Waals surface area contributed by atoms with Crippen LogP contribution in [0.5, 0.6) is 23.0 Å². The van der Waals surface area contributed by atoms with Crippen LogP contribution in [0.2, 0.25) is 0 Å². The van der Waals surface area contributed by atoms with Gasteiger partial charge in [0.25, 0.3) is 0 Å². The predicted octanol–water partition coefficient (Wildman–Crippen LogP) is 5.05. The maximum atomic E-state index is 14.2. The van der Waals surface area contributed by atoms with E-state index >= 15 is 0 Å². The average Bonchev–Trinajstić information content (AvgIpc) is 3.01. The Morgan fingerprint density at radius 2 is 1.75 bits per heavy atom. The molecule has 7 heteroatoms. The molecule has 0 aliphatic carbocycles. The predicted molar refractivity (Wildman–Crippen MR) is 118 cm³/mol. The van der Waals surface area contributed by atoms with Gasteiger partial charge in [0.05, 0.1) is 21.3 Å². The Bertz CT molecular complexity index is 1120. The van der Waals surface area contributed by atoms with Crippen molar-refractivity contribution in [2.75, 3.05) is 34.5 Å². The number of benzene rings is 3. The van der Waals surface area contributed by atoms with Crippen molar-refractivity contribution in [3.8, 4) is 34.1 Å². The lowest BCUT2D eigenvalue weighted by Gasteiger charge is -2.20. The summed E-state index contributed by atoms with van der Waals surface area (Å²) in [5.74, 6) is 1.61. The smallest absolute Gasteiger partial charge is 0.168 e. The first-order chi connectivity index (χ1) is 15.5. The minimum Gasteiger partial charge on any atom is -0.493 e. The van der Waals surface area contributed by atoms with Crippen LogP contribution in [0, 0.1) is 11.6 Å². The Labute approximate surface area is 186 Å². The van der Waals surface area contributed by atoms with Crippen LogP contribution >= 0.6 is 0 Å². The molecule has 3 aromatic rings. The number of ether oxygens (including phenoxy) is 4. The molecule has 1 aliphatic heterocycles. The first kappa shape index (κ1) is 21.9. The van der Waals surface area contributed by atoms with Crippen LogP contribution in [0.3, 0.4) is 0 Å². The van der Waals surface area contributed by atoms with Gasteiger partial charge in [0.15, 0.2) is 23.0 Å². The van der Waals surface area contributed by atoms with Crippen LogP contribution < -0.4 is 18.9 Å². The summed E-state index contributed by atoms with van der Waals surface area (Å²) in [6.45, 7) is 1.72. The van der Waals surface area contributed by atoms with Gasteiger partial charge < -0.3 is 18.9 Å². The van der Waals surface area contributed by atoms with Crippen molar-refractivity contribution in [1.82, 2.24) is 4.90 Å². The lowest BCUT2D eigenvalue weighted by atomic mass is 10.00. The van der Waals surface area contributed by atoms with E-state index in [1.165, 1.54) is 6.07 Å². The summed E-state index contributed by atoms with van der Waals surface area (Å²) in [7, 11) is 4.78. The number of fused-ring (bicyclic) bond motifs is 1. The molecule has 0 amide bonds. The molecule has 1 aliphatic rings. The second-order valence-corrected chi connectivity index (χ2v) is 7.50. The average molecular weight is 441 g/mol. The Hall–Kier alpha value is -3.32. The number of hydrogen-bond donors (Lipinski definition) is 0. The van der Waals surface area contributed by atoms with Crippen molar-refractivity contribution < 1.29 is 27.7 Å². The summed E-state index contributed by atoms with van der Waals surface area (Å²) in [6.07, 6.45) is 0. The molecule has 5 nitrogen and oxygen atoms in total. The van der Waals surface area contributed by atoms with Gasteiger partial charge in [-0.25, -0.2) is 8.78 Å². The third-order valence-electron chi connectivity index (χ3n) is 5.52. The van der Waals surface area contributed by atoms with Crippen LogP contribution in [-0.2, 0) is 13.1 Å². The maximum absolute atomic E-state index is 14.2. The first-order valence-electron chi connectivity index (χ1n) is 10.3. The minimum atomic E-state index is -0.457. The monoisotopic (exact) mass is 441 g/mol. The van der Waals surface area contributed by atoms with Crippen LogP contribution in [0.15, 0.2) is 48.5 Å². The zero-order valence-electron chi connectivity index (χ0n) is 18.3. The highest BCUT2D eigenvalue weighted by Crippen LogP contribution is 2.43. The Morgan fingerprint density at radius 3 is 2.50 bits per heavy atom. The molecule has 3 aromatic carbocycles. The number of halogens is 2. The zero-order chi connectivity index (χ0) is 22.7. The van der Waals surface area contributed by atoms with Crippen LogP contribution in [-0.4, -0.2) is 39.4 Å². The molecule has 0 radical (unpaired) electrons. The minimum absolute atomic E-state index is 0.265. The number of methoxy groups -OCH3 is 3. The Morgan fingerprint density at radius 1 is 0.938 bits per heavy atom. The molecule has 0 saturated carbocycles. The second kappa shape index (κ2) is 9.44. The molecule has 0 N–H and O–H groups in total. The largest absolute Gasteiger partial charge is 0.493 e. The van der Waals surface area contributed by atoms with E-state index in [9.17, 15) is 8.78 Å². The molecule has 168 valence electrons. The Kier molecular flexibility index (Phi) is 6.46. The number of rotatable bonds is 6. The van der Waals surface area contributed by atoms with Gasteiger partial charge in [0.1, 0.15) is 18.2 Å². The molecule has 1 heterocycles. The highest BCUT2D eigenvalue weighted by molar-refractivity contribution is 5.77. The van der Waals surface area contributed by atoms with Crippen molar-refractivity contribution in [3.05, 3.63) is 71.3 Å². The SMILES string of the molecule is COc1cc(-c2cccc(OC)c2OC)cc2c1OCCN(Cc1cc(F)ccc1F)C2. The van der Waals surface area contributed by atoms with Crippen molar-refractivity contribution >= 4 is 0 Å². The summed E-state index contributed by atoms with van der Waals surface area (Å²) in [4.78, 5) is 2.02. The van der Waals surface area contributed by atoms with E-state index in [1.807, 2.05) is 35.2 Å². The molecule has 0 atom stereocenters. The van der Waals surface area contributed by atoms with E-state index in [1.54, 1.807) is 21.3 Å². The first-order valence-corrected chi connectivity index (χ1v) is 10.3. The number of hydrogen-bond acceptors (Lipinski definition) is 5. The van der Waals surface area contributed by atoms with E-state index in [0.717, 1.165) is 28.8 Å². The van der Waals surface area contributed by atoms with E-state index in [4.69, 9.17) is 18.9 Å². The van der Waals surface area contributed by atoms with Gasteiger partial charge >= 0.3 is 0 Å². The normalized spacial score (nSPS) is 13.7. The van der Waals surface area contributed by atoms with Crippen LogP contribution in [0.1, 0.15) is 11.1 Å². The third kappa shape index (κ3) is 4.34. The molecular formula is C25H25F2NO4. The van der Waals surface area contributed by atoms with Crippen molar-refractivity contribution in [3.63, 3.8) is 0 Å². The topological polar surface area (TPSA) is 40.2 Å². The van der Waals surface area contributed by atoms with Gasteiger partial charge in [-0.15, -0.1) is 0 Å². The molecule has 0 aromatic heterocycles. The summed E-state index contributed by atoms with van der Waals surface area (Å²) in [5.41, 5.74) is 2.92. The number of para-hydroxylation sites is 1. The molecule has 0 bridgehead atoms. The zero-order valence-corrected chi connectivity index (χ0v) is 18.3. The molecule has 32 heavy (non-hydrogen) atoms. The highest BCUT2D eigenvalue weighted by atomic mass is 19.1. The molecule has 0 unspecified atom stereocenters. The standard InChI is InChI=1S/C25H25F2NO4/c1-29-22-6-4-5-20(25(22)31-3)16-11-18-15-28(9-10-32-24(18)23(13-16)30-2)14-17-12-19(26)7-8-21(17)27/h4-8,11-13H,9-10,14-15H2,1-3H3. The fourth-order valence-corrected chi connectivity index (χ4v) is 4.00. The third-order valence-corrected chi connectivity index (χ3v) is 5.52. The van der Waals surface area contributed by atoms with Gasteiger partial charge in [0.2, 0.25) is 0 Å². The van der Waals surface area contributed by atoms with Gasteiger partial charge in [-0.05, 0) is 42.0 Å². The van der Waals surface area contributed by atoms with Crippen LogP contribution in [0.4, 0.5) is 8.78 Å². The summed E-state index contributed by atoms with van der Waals surface area (Å²) < 4.78 is 50.5. The van der Waals surface area contributed by atoms with Gasteiger partial charge in [0, 0.05) is 36.3 Å². The highest BCUT2D eigenvalue weighted by Gasteiger charge is 2.23. The van der Waals surface area contributed by atoms with Crippen molar-refractivity contribution in [1.29, 1.82) is 0 Å². The van der Waals surface area contributed by atoms with E-state index < -0.39 is 11.6 Å². The van der Waals surface area contributed by atoms with Crippen molar-refractivity contribution in [2.45, 2.75) is 13.1 Å². The van der Waals surface area contributed by atoms with Crippen LogP contribution in [0.25, 0.3) is 11.1 Å². The molecule has 0 spiro atoms. The molecule has 0 saturated heterocycles. The van der Waals surface area contributed by atoms with E-state index in [2.05, 4.69) is 0 Å². The quantitative estimate of drug-likeness (QED) is 0.535. The molecule has 0 fully saturated rings. The van der Waals surface area contributed by atoms with Gasteiger partial charge in [-0.3, -0.25) is 4.90 Å².